The highest BCUT2D eigenvalue weighted by atomic mass is 16.5. The van der Waals surface area contributed by atoms with Crippen molar-refractivity contribution in [2.45, 2.75) is 130 Å². The normalized spacial score (nSPS) is 14.2. The summed E-state index contributed by atoms with van der Waals surface area (Å²) < 4.78 is 29.2. The number of hydrogen-bond acceptors (Lipinski definition) is 7. The van der Waals surface area contributed by atoms with Gasteiger partial charge in [0.05, 0.1) is 32.2 Å². The molecule has 6 aromatic rings. The maximum atomic E-state index is 11.5. The highest BCUT2D eigenvalue weighted by molar-refractivity contribution is 5.87. The van der Waals surface area contributed by atoms with Gasteiger partial charge in [0.15, 0.2) is 0 Å². The number of ether oxygens (including phenoxy) is 5. The fourth-order valence-corrected chi connectivity index (χ4v) is 8.54. The number of aryl methyl sites for hydroxylation is 6. The van der Waals surface area contributed by atoms with E-state index < -0.39 is 5.97 Å². The van der Waals surface area contributed by atoms with E-state index >= 15 is 0 Å². The van der Waals surface area contributed by atoms with Crippen molar-refractivity contribution in [1.82, 2.24) is 9.97 Å². The smallest absolute Gasteiger partial charge is 0.305 e. The predicted molar refractivity (Wildman–Crippen MR) is 239 cm³/mol. The minimum absolute atomic E-state index is 0.122. The molecule has 2 saturated carbocycles. The quantitative estimate of drug-likeness (QED) is 0.0822. The molecule has 322 valence electrons. The minimum Gasteiger partial charge on any atom is -0.490 e. The number of nitrogens with one attached hydrogen (secondary N) is 2. The third-order valence-electron chi connectivity index (χ3n) is 12.1. The molecule has 10 nitrogen and oxygen atoms in total. The Hall–Kier alpha value is -5.90. The molecule has 0 spiro atoms. The highest BCUT2D eigenvalue weighted by Gasteiger charge is 2.19. The van der Waals surface area contributed by atoms with Crippen molar-refractivity contribution in [3.05, 3.63) is 118 Å². The maximum absolute atomic E-state index is 11.5. The third kappa shape index (κ3) is 11.3. The number of fused-ring (bicyclic) bond motifs is 2. The summed E-state index contributed by atoms with van der Waals surface area (Å²) >= 11 is 0. The van der Waals surface area contributed by atoms with Crippen LogP contribution < -0.4 is 18.9 Å². The number of H-pyrrole nitrogens is 2. The molecule has 8 rings (SSSR count). The van der Waals surface area contributed by atoms with Gasteiger partial charge in [0.25, 0.3) is 0 Å². The first-order valence-electron chi connectivity index (χ1n) is 21.8. The largest absolute Gasteiger partial charge is 0.490 e. The Kier molecular flexibility index (Phi) is 14.2. The Labute approximate surface area is 358 Å². The number of aromatic amines is 2. The van der Waals surface area contributed by atoms with Crippen LogP contribution in [0.5, 0.6) is 23.0 Å². The molecule has 0 amide bonds. The molecule has 4 aromatic carbocycles. The molecule has 0 unspecified atom stereocenters. The number of carboxylic acid groups (broad SMARTS) is 1. The predicted octanol–water partition coefficient (Wildman–Crippen LogP) is 11.5. The number of methoxy groups -OCH3 is 1. The van der Waals surface area contributed by atoms with E-state index in [-0.39, 0.29) is 12.4 Å². The topological polar surface area (TPSA) is 132 Å². The number of carbonyl (C=O) groups is 2. The average molecular weight is 829 g/mol. The molecule has 2 aliphatic rings. The third-order valence-corrected chi connectivity index (χ3v) is 12.1. The lowest BCUT2D eigenvalue weighted by Crippen LogP contribution is -2.11. The zero-order valence-corrected chi connectivity index (χ0v) is 36.3. The second-order valence-corrected chi connectivity index (χ2v) is 16.7. The molecule has 2 heterocycles. The molecule has 0 bridgehead atoms. The lowest BCUT2D eigenvalue weighted by Gasteiger charge is -2.16. The van der Waals surface area contributed by atoms with Crippen molar-refractivity contribution in [2.75, 3.05) is 7.11 Å². The Morgan fingerprint density at radius 2 is 1.05 bits per heavy atom. The van der Waals surface area contributed by atoms with Crippen LogP contribution >= 0.6 is 0 Å². The van der Waals surface area contributed by atoms with E-state index in [1.807, 2.05) is 37.3 Å². The van der Waals surface area contributed by atoms with E-state index in [9.17, 15) is 9.59 Å². The van der Waals surface area contributed by atoms with Gasteiger partial charge in [-0.1, -0.05) is 12.1 Å². The van der Waals surface area contributed by atoms with Crippen LogP contribution in [0.15, 0.2) is 72.8 Å². The molecule has 0 radical (unpaired) electrons. The number of carboxylic acids is 1. The first kappa shape index (κ1) is 43.2. The van der Waals surface area contributed by atoms with Crippen LogP contribution in [-0.4, -0.2) is 46.3 Å². The molecule has 2 aliphatic carbocycles. The molecular formula is C51H60N2O8. The minimum atomic E-state index is -0.785. The van der Waals surface area contributed by atoms with Gasteiger partial charge in [-0.3, -0.25) is 9.59 Å². The monoisotopic (exact) mass is 828 g/mol. The second-order valence-electron chi connectivity index (χ2n) is 16.7. The van der Waals surface area contributed by atoms with Crippen LogP contribution in [-0.2, 0) is 40.4 Å². The second kappa shape index (κ2) is 20.1. The molecular weight excluding hydrogens is 769 g/mol. The molecule has 0 saturated heterocycles. The molecule has 0 atom stereocenters. The average Bonchev–Trinajstić information content (AvgIpc) is 4.09. The fraction of sp³-hybridized carbons (Fsp3) is 0.412. The number of aromatic nitrogens is 2. The number of carbonyl (C=O) groups excluding carboxylic acids is 1. The van der Waals surface area contributed by atoms with Crippen molar-refractivity contribution in [3.8, 4) is 23.0 Å². The number of benzene rings is 4. The summed E-state index contributed by atoms with van der Waals surface area (Å²) in [5, 5.41) is 11.1. The summed E-state index contributed by atoms with van der Waals surface area (Å²) in [5.74, 6) is 2.61. The lowest BCUT2D eigenvalue weighted by molar-refractivity contribution is -0.140. The van der Waals surface area contributed by atoms with Gasteiger partial charge in [0, 0.05) is 33.2 Å². The fourth-order valence-electron chi connectivity index (χ4n) is 8.54. The molecule has 2 aromatic heterocycles. The first-order valence-corrected chi connectivity index (χ1v) is 21.8. The van der Waals surface area contributed by atoms with E-state index in [2.05, 4.69) is 73.2 Å². The first-order chi connectivity index (χ1) is 29.5. The summed E-state index contributed by atoms with van der Waals surface area (Å²) in [4.78, 5) is 29.1. The Morgan fingerprint density at radius 3 is 1.46 bits per heavy atom. The molecule has 10 heteroatoms. The van der Waals surface area contributed by atoms with E-state index in [4.69, 9.17) is 28.8 Å². The van der Waals surface area contributed by atoms with Gasteiger partial charge in [0.2, 0.25) is 0 Å². The van der Waals surface area contributed by atoms with Gasteiger partial charge < -0.3 is 38.8 Å². The zero-order chi connectivity index (χ0) is 42.9. The SMILES string of the molecule is COC(=O)CCc1[nH]c2ccc(OCc3ccc(OC4CCCC4)c(C)c3)cc2c1C.Cc1cc(COc2ccc3[nH]c(CCC(=O)O)c(C)c3c2)ccc1OC1CCCC1. The van der Waals surface area contributed by atoms with E-state index in [0.29, 0.717) is 44.7 Å². The van der Waals surface area contributed by atoms with Crippen molar-refractivity contribution in [2.24, 2.45) is 0 Å². The van der Waals surface area contributed by atoms with Crippen molar-refractivity contribution < 1.29 is 38.4 Å². The Morgan fingerprint density at radius 1 is 0.607 bits per heavy atom. The van der Waals surface area contributed by atoms with Crippen LogP contribution in [0.1, 0.15) is 109 Å². The zero-order valence-electron chi connectivity index (χ0n) is 36.3. The summed E-state index contributed by atoms with van der Waals surface area (Å²) in [7, 11) is 1.42. The summed E-state index contributed by atoms with van der Waals surface area (Å²) in [6.45, 7) is 9.27. The van der Waals surface area contributed by atoms with Crippen molar-refractivity contribution in [1.29, 1.82) is 0 Å². The number of hydrogen-bond donors (Lipinski definition) is 3. The van der Waals surface area contributed by atoms with Crippen LogP contribution in [0, 0.1) is 27.7 Å². The standard InChI is InChI=1S/C26H31NO4.C25H29NO4/c1-17-14-19(8-12-25(17)31-20-6-4-5-7-20)16-30-21-9-10-24-22(15-21)18(2)23(27-24)11-13-26(28)29-3;1-16-13-18(7-11-24(16)30-19-5-3-4-6-19)15-29-20-8-9-23-21(14-20)17(2)22(26-23)10-12-25(27)28/h8-10,12,14-15,20,27H,4-7,11,13,16H2,1-3H3;7-9,11,13-14,19,26H,3-6,10,12,15H2,1-2H3,(H,27,28). The van der Waals surface area contributed by atoms with E-state index in [0.717, 1.165) is 115 Å². The molecule has 0 aliphatic heterocycles. The van der Waals surface area contributed by atoms with E-state index in [1.165, 1.54) is 32.8 Å². The summed E-state index contributed by atoms with van der Waals surface area (Å²) in [6, 6.07) is 24.6. The lowest BCUT2D eigenvalue weighted by atomic mass is 10.1. The summed E-state index contributed by atoms with van der Waals surface area (Å²) in [6.07, 6.45) is 12.1. The number of rotatable bonds is 16. The van der Waals surface area contributed by atoms with Gasteiger partial charge in [0.1, 0.15) is 36.2 Å². The molecule has 61 heavy (non-hydrogen) atoms. The summed E-state index contributed by atoms with van der Waals surface area (Å²) in [5.41, 5.74) is 10.8. The number of aliphatic carboxylic acids is 1. The van der Waals surface area contributed by atoms with Crippen molar-refractivity contribution >= 4 is 33.7 Å². The molecule has 3 N–H and O–H groups in total. The Balaban J connectivity index is 0.000000184. The van der Waals surface area contributed by atoms with Crippen LogP contribution in [0.25, 0.3) is 21.8 Å². The van der Waals surface area contributed by atoms with Gasteiger partial charge >= 0.3 is 11.9 Å². The molecule has 2 fully saturated rings. The van der Waals surface area contributed by atoms with Gasteiger partial charge in [-0.25, -0.2) is 0 Å². The van der Waals surface area contributed by atoms with Gasteiger partial charge in [-0.05, 0) is 186 Å². The van der Waals surface area contributed by atoms with Crippen LogP contribution in [0.3, 0.4) is 0 Å². The van der Waals surface area contributed by atoms with E-state index in [1.54, 1.807) is 0 Å². The maximum Gasteiger partial charge on any atom is 0.305 e. The highest BCUT2D eigenvalue weighted by Crippen LogP contribution is 2.32. The van der Waals surface area contributed by atoms with Gasteiger partial charge in [-0.2, -0.15) is 0 Å². The van der Waals surface area contributed by atoms with Crippen molar-refractivity contribution in [3.63, 3.8) is 0 Å². The number of esters is 1. The Bertz CT molecular complexity index is 2450. The van der Waals surface area contributed by atoms with Gasteiger partial charge in [-0.15, -0.1) is 0 Å². The van der Waals surface area contributed by atoms with Crippen LogP contribution in [0.4, 0.5) is 0 Å². The van der Waals surface area contributed by atoms with Crippen LogP contribution in [0.2, 0.25) is 0 Å².